The van der Waals surface area contributed by atoms with Crippen molar-refractivity contribution in [2.75, 3.05) is 13.7 Å². The number of carbonyl (C=O) groups excluding carboxylic acids is 1. The number of hydrogen-bond donors (Lipinski definition) is 0. The fraction of sp³-hybridized carbons (Fsp3) is 0.227. The zero-order valence-electron chi connectivity index (χ0n) is 17.0. The van der Waals surface area contributed by atoms with Crippen LogP contribution in [0.25, 0.3) is 6.08 Å². The molecule has 1 aromatic carbocycles. The number of allylic oxidation sites excluding steroid dienone is 1. The first-order chi connectivity index (χ1) is 14.9. The number of rotatable bonds is 5. The highest BCUT2D eigenvalue weighted by molar-refractivity contribution is 9.11. The van der Waals surface area contributed by atoms with Crippen LogP contribution in [-0.2, 0) is 9.53 Å². The number of nitrogens with zero attached hydrogens (tertiary/aromatic N) is 2. The van der Waals surface area contributed by atoms with Gasteiger partial charge in [0.25, 0.3) is 5.56 Å². The van der Waals surface area contributed by atoms with Gasteiger partial charge in [0.15, 0.2) is 4.80 Å². The van der Waals surface area contributed by atoms with Gasteiger partial charge in [0.05, 0.1) is 39.3 Å². The smallest absolute Gasteiger partial charge is 0.338 e. The highest BCUT2D eigenvalue weighted by Gasteiger charge is 2.33. The molecule has 0 aliphatic carbocycles. The van der Waals surface area contributed by atoms with Gasteiger partial charge in [0.2, 0.25) is 0 Å². The Kier molecular flexibility index (Phi) is 6.27. The van der Waals surface area contributed by atoms with Crippen molar-refractivity contribution in [3.05, 3.63) is 81.6 Å². The molecule has 0 saturated heterocycles. The van der Waals surface area contributed by atoms with Gasteiger partial charge in [0.1, 0.15) is 5.75 Å². The molecule has 0 amide bonds. The van der Waals surface area contributed by atoms with Gasteiger partial charge in [-0.05, 0) is 65.7 Å². The molecule has 0 N–H and O–H groups in total. The predicted octanol–water partition coefficient (Wildman–Crippen LogP) is 3.63. The summed E-state index contributed by atoms with van der Waals surface area (Å²) in [6, 6.07) is 10.6. The monoisotopic (exact) mass is 518 g/mol. The number of hydrogen-bond acceptors (Lipinski definition) is 7. The average Bonchev–Trinajstić information content (AvgIpc) is 3.30. The van der Waals surface area contributed by atoms with Crippen LogP contribution >= 0.6 is 38.6 Å². The third kappa shape index (κ3) is 4.17. The Morgan fingerprint density at radius 2 is 1.97 bits per heavy atom. The Labute approximate surface area is 194 Å². The summed E-state index contributed by atoms with van der Waals surface area (Å²) in [5, 5.41) is 0. The molecule has 1 aliphatic rings. The first-order valence-corrected chi connectivity index (χ1v) is 11.9. The van der Waals surface area contributed by atoms with Crippen LogP contribution < -0.4 is 19.6 Å². The van der Waals surface area contributed by atoms with Gasteiger partial charge in [-0.3, -0.25) is 9.36 Å². The van der Waals surface area contributed by atoms with Crippen molar-refractivity contribution in [2.45, 2.75) is 19.9 Å². The largest absolute Gasteiger partial charge is 0.497 e. The Balaban J connectivity index is 1.94. The maximum absolute atomic E-state index is 13.4. The molecule has 9 heteroatoms. The van der Waals surface area contributed by atoms with E-state index < -0.39 is 12.0 Å². The molecule has 0 radical (unpaired) electrons. The van der Waals surface area contributed by atoms with E-state index in [1.54, 1.807) is 36.9 Å². The Hall–Kier alpha value is -2.49. The van der Waals surface area contributed by atoms with Gasteiger partial charge in [0, 0.05) is 4.88 Å². The molecule has 3 heterocycles. The summed E-state index contributed by atoms with van der Waals surface area (Å²) in [4.78, 5) is 32.4. The quantitative estimate of drug-likeness (QED) is 0.483. The summed E-state index contributed by atoms with van der Waals surface area (Å²) in [5.41, 5.74) is 1.50. The van der Waals surface area contributed by atoms with Crippen LogP contribution in [0.2, 0.25) is 0 Å². The normalized spacial score (nSPS) is 16.1. The highest BCUT2D eigenvalue weighted by atomic mass is 79.9. The van der Waals surface area contributed by atoms with Crippen molar-refractivity contribution >= 4 is 50.6 Å². The van der Waals surface area contributed by atoms with Crippen molar-refractivity contribution in [2.24, 2.45) is 4.99 Å². The summed E-state index contributed by atoms with van der Waals surface area (Å²) < 4.78 is 13.7. The van der Waals surface area contributed by atoms with E-state index in [0.717, 1.165) is 14.2 Å². The van der Waals surface area contributed by atoms with Crippen LogP contribution in [0.4, 0.5) is 0 Å². The van der Waals surface area contributed by atoms with E-state index in [1.165, 1.54) is 11.3 Å². The van der Waals surface area contributed by atoms with Crippen LogP contribution in [0.3, 0.4) is 0 Å². The number of methoxy groups -OCH3 is 1. The predicted molar refractivity (Wildman–Crippen MR) is 125 cm³/mol. The number of aromatic nitrogens is 1. The van der Waals surface area contributed by atoms with Gasteiger partial charge in [-0.1, -0.05) is 23.5 Å². The van der Waals surface area contributed by atoms with Gasteiger partial charge >= 0.3 is 5.97 Å². The minimum Gasteiger partial charge on any atom is -0.497 e. The van der Waals surface area contributed by atoms with E-state index in [9.17, 15) is 9.59 Å². The molecule has 6 nitrogen and oxygen atoms in total. The molecule has 4 rings (SSSR count). The molecule has 31 heavy (non-hydrogen) atoms. The lowest BCUT2D eigenvalue weighted by molar-refractivity contribution is -0.139. The lowest BCUT2D eigenvalue weighted by atomic mass is 9.96. The van der Waals surface area contributed by atoms with Crippen molar-refractivity contribution in [1.82, 2.24) is 4.57 Å². The zero-order chi connectivity index (χ0) is 22.1. The molecule has 1 atom stereocenters. The molecular formula is C22H19BrN2O4S2. The number of fused-ring (bicyclic) bond motifs is 1. The summed E-state index contributed by atoms with van der Waals surface area (Å²) in [6.45, 7) is 3.77. The second-order valence-electron chi connectivity index (χ2n) is 6.72. The van der Waals surface area contributed by atoms with Crippen molar-refractivity contribution in [3.63, 3.8) is 0 Å². The number of carbonyl (C=O) groups is 1. The highest BCUT2D eigenvalue weighted by Crippen LogP contribution is 2.31. The number of esters is 1. The summed E-state index contributed by atoms with van der Waals surface area (Å²) in [7, 11) is 1.59. The minimum absolute atomic E-state index is 0.191. The molecule has 0 saturated carbocycles. The summed E-state index contributed by atoms with van der Waals surface area (Å²) in [6.07, 6.45) is 1.85. The van der Waals surface area contributed by atoms with E-state index in [1.807, 2.05) is 42.5 Å². The van der Waals surface area contributed by atoms with Crippen LogP contribution in [0, 0.1) is 0 Å². The number of benzene rings is 1. The third-order valence-corrected chi connectivity index (χ3v) is 7.37. The fourth-order valence-electron chi connectivity index (χ4n) is 3.43. The molecule has 3 aromatic rings. The third-order valence-electron chi connectivity index (χ3n) is 4.82. The summed E-state index contributed by atoms with van der Waals surface area (Å²) in [5.74, 6) is 0.221. The van der Waals surface area contributed by atoms with Crippen LogP contribution in [0.15, 0.2) is 61.2 Å². The van der Waals surface area contributed by atoms with Crippen LogP contribution in [0.1, 0.15) is 30.3 Å². The van der Waals surface area contributed by atoms with Gasteiger partial charge in [-0.2, -0.15) is 0 Å². The molecule has 0 bridgehead atoms. The van der Waals surface area contributed by atoms with E-state index in [-0.39, 0.29) is 12.2 Å². The zero-order valence-corrected chi connectivity index (χ0v) is 20.3. The van der Waals surface area contributed by atoms with E-state index >= 15 is 0 Å². The second-order valence-corrected chi connectivity index (χ2v) is 10.2. The number of thiazole rings is 1. The Morgan fingerprint density at radius 3 is 2.58 bits per heavy atom. The van der Waals surface area contributed by atoms with E-state index in [4.69, 9.17) is 9.47 Å². The van der Waals surface area contributed by atoms with Crippen molar-refractivity contribution < 1.29 is 14.3 Å². The molecule has 1 unspecified atom stereocenters. The number of thiophene rings is 1. The van der Waals surface area contributed by atoms with Gasteiger partial charge in [-0.15, -0.1) is 11.3 Å². The molecule has 2 aromatic heterocycles. The SMILES string of the molecule is CCOC(=O)C1=C(C)N=c2sc(=Cc3ccc(Br)s3)c(=O)n2C1c1ccc(OC)cc1. The second kappa shape index (κ2) is 8.94. The van der Waals surface area contributed by atoms with Crippen molar-refractivity contribution in [3.8, 4) is 5.75 Å². The number of halogens is 1. The first-order valence-electron chi connectivity index (χ1n) is 9.52. The van der Waals surface area contributed by atoms with Crippen LogP contribution in [0.5, 0.6) is 5.75 Å². The van der Waals surface area contributed by atoms with E-state index in [0.29, 0.717) is 26.4 Å². The maximum Gasteiger partial charge on any atom is 0.338 e. The van der Waals surface area contributed by atoms with Crippen molar-refractivity contribution in [1.29, 1.82) is 0 Å². The first kappa shape index (κ1) is 21.7. The standard InChI is InChI=1S/C22H19BrN2O4S2/c1-4-29-21(27)18-12(2)24-22-25(19(18)13-5-7-14(28-3)8-6-13)20(26)16(31-22)11-15-9-10-17(23)30-15/h5-11,19H,4H2,1-3H3. The molecule has 0 spiro atoms. The molecule has 1 aliphatic heterocycles. The lowest BCUT2D eigenvalue weighted by Gasteiger charge is -2.24. The summed E-state index contributed by atoms with van der Waals surface area (Å²) >= 11 is 6.30. The lowest BCUT2D eigenvalue weighted by Crippen LogP contribution is -2.39. The minimum atomic E-state index is -0.626. The Bertz CT molecular complexity index is 1350. The number of ether oxygens (including phenoxy) is 2. The molecular weight excluding hydrogens is 500 g/mol. The average molecular weight is 519 g/mol. The fourth-order valence-corrected chi connectivity index (χ4v) is 5.91. The van der Waals surface area contributed by atoms with E-state index in [2.05, 4.69) is 20.9 Å². The Morgan fingerprint density at radius 1 is 1.23 bits per heavy atom. The maximum atomic E-state index is 13.4. The topological polar surface area (TPSA) is 69.9 Å². The van der Waals surface area contributed by atoms with Crippen LogP contribution in [-0.4, -0.2) is 24.3 Å². The molecule has 0 fully saturated rings. The van der Waals surface area contributed by atoms with Gasteiger partial charge < -0.3 is 9.47 Å². The molecule has 160 valence electrons. The van der Waals surface area contributed by atoms with Gasteiger partial charge in [-0.25, -0.2) is 9.79 Å².